The van der Waals surface area contributed by atoms with Crippen molar-refractivity contribution in [2.45, 2.75) is 6.42 Å². The SMILES string of the molecule is C(=C\c1ccccc1)/Cc1c[nH]c2ccccc12. The van der Waals surface area contributed by atoms with Crippen LogP contribution in [0.1, 0.15) is 11.1 Å². The third-order valence-corrected chi connectivity index (χ3v) is 3.12. The standard InChI is InChI=1S/C17H15N/c1-2-7-14(8-3-1)9-6-10-15-13-18-17-12-5-4-11-16(15)17/h1-9,11-13,18H,10H2/b9-6+. The molecule has 3 aromatic rings. The van der Waals surface area contributed by atoms with Crippen molar-refractivity contribution in [2.75, 3.05) is 0 Å². The number of nitrogens with one attached hydrogen (secondary N) is 1. The summed E-state index contributed by atoms with van der Waals surface area (Å²) < 4.78 is 0. The van der Waals surface area contributed by atoms with Crippen LogP contribution in [0, 0.1) is 0 Å². The monoisotopic (exact) mass is 233 g/mol. The van der Waals surface area contributed by atoms with Gasteiger partial charge >= 0.3 is 0 Å². The molecule has 0 atom stereocenters. The highest BCUT2D eigenvalue weighted by Gasteiger charge is 1.99. The first-order valence-corrected chi connectivity index (χ1v) is 6.20. The van der Waals surface area contributed by atoms with Gasteiger partial charge in [0.15, 0.2) is 0 Å². The van der Waals surface area contributed by atoms with Gasteiger partial charge in [0.05, 0.1) is 0 Å². The van der Waals surface area contributed by atoms with Crippen LogP contribution >= 0.6 is 0 Å². The zero-order chi connectivity index (χ0) is 12.2. The second kappa shape index (κ2) is 4.92. The smallest absolute Gasteiger partial charge is 0.0456 e. The van der Waals surface area contributed by atoms with E-state index in [4.69, 9.17) is 0 Å². The molecule has 0 fully saturated rings. The maximum absolute atomic E-state index is 3.30. The molecule has 0 saturated heterocycles. The van der Waals surface area contributed by atoms with Crippen molar-refractivity contribution >= 4 is 17.0 Å². The molecule has 1 heteroatoms. The Kier molecular flexibility index (Phi) is 2.97. The predicted molar refractivity (Wildman–Crippen MR) is 77.5 cm³/mol. The normalized spacial score (nSPS) is 11.3. The Morgan fingerprint density at radius 2 is 1.67 bits per heavy atom. The molecule has 0 bridgehead atoms. The molecule has 0 aliphatic heterocycles. The first-order chi connectivity index (χ1) is 8.93. The van der Waals surface area contributed by atoms with Crippen LogP contribution in [0.15, 0.2) is 66.9 Å². The lowest BCUT2D eigenvalue weighted by molar-refractivity contribution is 1.29. The Balaban J connectivity index is 1.79. The molecule has 88 valence electrons. The molecule has 0 radical (unpaired) electrons. The van der Waals surface area contributed by atoms with E-state index in [1.165, 1.54) is 22.0 Å². The number of H-pyrrole nitrogens is 1. The van der Waals surface area contributed by atoms with Crippen molar-refractivity contribution in [3.8, 4) is 0 Å². The van der Waals surface area contributed by atoms with Gasteiger partial charge in [-0.2, -0.15) is 0 Å². The van der Waals surface area contributed by atoms with E-state index in [2.05, 4.69) is 71.9 Å². The molecule has 1 aromatic heterocycles. The number of aromatic amines is 1. The molecule has 0 unspecified atom stereocenters. The Morgan fingerprint density at radius 3 is 2.56 bits per heavy atom. The molecule has 1 N–H and O–H groups in total. The van der Waals surface area contributed by atoms with E-state index < -0.39 is 0 Å². The number of hydrogen-bond acceptors (Lipinski definition) is 0. The number of para-hydroxylation sites is 1. The van der Waals surface area contributed by atoms with Crippen LogP contribution in [0.2, 0.25) is 0 Å². The number of aromatic nitrogens is 1. The third kappa shape index (κ3) is 2.21. The maximum Gasteiger partial charge on any atom is 0.0456 e. The summed E-state index contributed by atoms with van der Waals surface area (Å²) in [6, 6.07) is 18.8. The molecule has 0 saturated carbocycles. The summed E-state index contributed by atoms with van der Waals surface area (Å²) in [6.45, 7) is 0. The molecular weight excluding hydrogens is 218 g/mol. The first-order valence-electron chi connectivity index (χ1n) is 6.20. The molecule has 18 heavy (non-hydrogen) atoms. The van der Waals surface area contributed by atoms with E-state index in [1.807, 2.05) is 6.07 Å². The average Bonchev–Trinajstić information content (AvgIpc) is 2.84. The van der Waals surface area contributed by atoms with Gasteiger partial charge in [-0.3, -0.25) is 0 Å². The summed E-state index contributed by atoms with van der Waals surface area (Å²) in [5.74, 6) is 0. The van der Waals surface area contributed by atoms with Crippen LogP contribution in [0.5, 0.6) is 0 Å². The van der Waals surface area contributed by atoms with Crippen molar-refractivity contribution in [3.63, 3.8) is 0 Å². The minimum Gasteiger partial charge on any atom is -0.361 e. The maximum atomic E-state index is 3.30. The van der Waals surface area contributed by atoms with Gasteiger partial charge < -0.3 is 4.98 Å². The number of hydrogen-bond donors (Lipinski definition) is 1. The third-order valence-electron chi connectivity index (χ3n) is 3.12. The lowest BCUT2D eigenvalue weighted by Gasteiger charge is -1.94. The predicted octanol–water partition coefficient (Wildman–Crippen LogP) is 4.42. The van der Waals surface area contributed by atoms with Crippen molar-refractivity contribution in [2.24, 2.45) is 0 Å². The van der Waals surface area contributed by atoms with Crippen LogP contribution in [-0.4, -0.2) is 4.98 Å². The summed E-state index contributed by atoms with van der Waals surface area (Å²) in [5, 5.41) is 1.32. The minimum absolute atomic E-state index is 0.957. The molecule has 0 aliphatic rings. The highest BCUT2D eigenvalue weighted by atomic mass is 14.7. The fourth-order valence-corrected chi connectivity index (χ4v) is 2.19. The second-order valence-corrected chi connectivity index (χ2v) is 4.38. The number of fused-ring (bicyclic) bond motifs is 1. The molecular formula is C17H15N. The van der Waals surface area contributed by atoms with E-state index in [-0.39, 0.29) is 0 Å². The number of benzene rings is 2. The van der Waals surface area contributed by atoms with Gasteiger partial charge in [-0.15, -0.1) is 0 Å². The van der Waals surface area contributed by atoms with Crippen LogP contribution in [-0.2, 0) is 6.42 Å². The van der Waals surface area contributed by atoms with E-state index in [0.717, 1.165) is 6.42 Å². The average molecular weight is 233 g/mol. The van der Waals surface area contributed by atoms with E-state index in [1.54, 1.807) is 0 Å². The van der Waals surface area contributed by atoms with Crippen LogP contribution in [0.3, 0.4) is 0 Å². The van der Waals surface area contributed by atoms with E-state index in [0.29, 0.717) is 0 Å². The molecule has 0 aliphatic carbocycles. The van der Waals surface area contributed by atoms with Gasteiger partial charge in [-0.1, -0.05) is 60.7 Å². The minimum atomic E-state index is 0.957. The molecule has 2 aromatic carbocycles. The summed E-state index contributed by atoms with van der Waals surface area (Å²) in [5.41, 5.74) is 3.80. The second-order valence-electron chi connectivity index (χ2n) is 4.38. The van der Waals surface area contributed by atoms with Crippen molar-refractivity contribution in [1.29, 1.82) is 0 Å². The Labute approximate surface area is 107 Å². The van der Waals surface area contributed by atoms with Crippen molar-refractivity contribution in [1.82, 2.24) is 4.98 Å². The zero-order valence-electron chi connectivity index (χ0n) is 10.1. The van der Waals surface area contributed by atoms with Crippen molar-refractivity contribution in [3.05, 3.63) is 78.0 Å². The van der Waals surface area contributed by atoms with E-state index in [9.17, 15) is 0 Å². The Bertz CT molecular complexity index is 662. The Hall–Kier alpha value is -2.28. The van der Waals surface area contributed by atoms with Crippen LogP contribution in [0.25, 0.3) is 17.0 Å². The highest BCUT2D eigenvalue weighted by molar-refractivity contribution is 5.83. The van der Waals surface area contributed by atoms with Gasteiger partial charge in [-0.05, 0) is 23.6 Å². The fourth-order valence-electron chi connectivity index (χ4n) is 2.19. The summed E-state index contributed by atoms with van der Waals surface area (Å²) in [4.78, 5) is 3.30. The first kappa shape index (κ1) is 10.8. The van der Waals surface area contributed by atoms with Crippen LogP contribution in [0.4, 0.5) is 0 Å². The molecule has 1 heterocycles. The van der Waals surface area contributed by atoms with Crippen LogP contribution < -0.4 is 0 Å². The fraction of sp³-hybridized carbons (Fsp3) is 0.0588. The Morgan fingerprint density at radius 1 is 0.889 bits per heavy atom. The van der Waals surface area contributed by atoms with Gasteiger partial charge in [0.1, 0.15) is 0 Å². The van der Waals surface area contributed by atoms with Crippen molar-refractivity contribution < 1.29 is 0 Å². The van der Waals surface area contributed by atoms with Gasteiger partial charge in [0.25, 0.3) is 0 Å². The van der Waals surface area contributed by atoms with Gasteiger partial charge in [0, 0.05) is 17.1 Å². The molecule has 1 nitrogen and oxygen atoms in total. The zero-order valence-corrected chi connectivity index (χ0v) is 10.1. The quantitative estimate of drug-likeness (QED) is 0.689. The highest BCUT2D eigenvalue weighted by Crippen LogP contribution is 2.18. The summed E-state index contributed by atoms with van der Waals surface area (Å²) in [6.07, 6.45) is 7.44. The van der Waals surface area contributed by atoms with Gasteiger partial charge in [0.2, 0.25) is 0 Å². The lowest BCUT2D eigenvalue weighted by atomic mass is 10.1. The van der Waals surface area contributed by atoms with E-state index >= 15 is 0 Å². The summed E-state index contributed by atoms with van der Waals surface area (Å²) >= 11 is 0. The molecule has 0 amide bonds. The number of rotatable bonds is 3. The lowest BCUT2D eigenvalue weighted by Crippen LogP contribution is -1.77. The largest absolute Gasteiger partial charge is 0.361 e. The van der Waals surface area contributed by atoms with Gasteiger partial charge in [-0.25, -0.2) is 0 Å². The number of allylic oxidation sites excluding steroid dienone is 1. The molecule has 0 spiro atoms. The summed E-state index contributed by atoms with van der Waals surface area (Å²) in [7, 11) is 0. The topological polar surface area (TPSA) is 15.8 Å². The molecule has 3 rings (SSSR count).